The van der Waals surface area contributed by atoms with Crippen molar-refractivity contribution in [1.82, 2.24) is 25.2 Å². The van der Waals surface area contributed by atoms with E-state index in [-0.39, 0.29) is 18.4 Å². The van der Waals surface area contributed by atoms with E-state index in [1.165, 1.54) is 0 Å². The summed E-state index contributed by atoms with van der Waals surface area (Å²) < 4.78 is 5.80. The first-order valence-corrected chi connectivity index (χ1v) is 11.9. The number of fused-ring (bicyclic) bond motifs is 1. The standard InChI is InChI=1S/C25H28N8O2/c26-6-5-23(34)33-12-10-32(11-13-33)19-3-1-18(2-4-19)21-15-22-24(29-8-7-28-22)25(31-21)30-17-20-16-27-9-14-35-20/h1-4,7-8,15,20,27H,5,9-14,16-17H2,(H,30,31). The first kappa shape index (κ1) is 23.0. The zero-order chi connectivity index (χ0) is 24.0. The lowest BCUT2D eigenvalue weighted by molar-refractivity contribution is -0.130. The van der Waals surface area contributed by atoms with Gasteiger partial charge < -0.3 is 25.2 Å². The molecule has 3 aromatic rings. The van der Waals surface area contributed by atoms with Crippen molar-refractivity contribution in [3.05, 3.63) is 42.7 Å². The number of nitriles is 1. The molecule has 1 unspecified atom stereocenters. The lowest BCUT2D eigenvalue weighted by atomic mass is 10.1. The first-order chi connectivity index (χ1) is 17.2. The largest absolute Gasteiger partial charge is 0.374 e. The number of hydrogen-bond acceptors (Lipinski definition) is 9. The number of nitrogens with zero attached hydrogens (tertiary/aromatic N) is 6. The van der Waals surface area contributed by atoms with Gasteiger partial charge in [-0.2, -0.15) is 5.26 Å². The fourth-order valence-corrected chi connectivity index (χ4v) is 4.44. The lowest BCUT2D eigenvalue weighted by Crippen LogP contribution is -2.48. The van der Waals surface area contributed by atoms with Crippen LogP contribution in [0.25, 0.3) is 22.3 Å². The van der Waals surface area contributed by atoms with Gasteiger partial charge in [0.1, 0.15) is 11.9 Å². The molecular weight excluding hydrogens is 444 g/mol. The van der Waals surface area contributed by atoms with Crippen LogP contribution >= 0.6 is 0 Å². The van der Waals surface area contributed by atoms with Crippen molar-refractivity contribution in [2.75, 3.05) is 62.6 Å². The van der Waals surface area contributed by atoms with Gasteiger partial charge in [0.05, 0.1) is 30.0 Å². The van der Waals surface area contributed by atoms with Gasteiger partial charge in [-0.05, 0) is 18.2 Å². The van der Waals surface area contributed by atoms with Gasteiger partial charge in [-0.15, -0.1) is 0 Å². The smallest absolute Gasteiger partial charge is 0.236 e. The van der Waals surface area contributed by atoms with E-state index in [0.29, 0.717) is 32.1 Å². The maximum Gasteiger partial charge on any atom is 0.236 e. The summed E-state index contributed by atoms with van der Waals surface area (Å²) in [6.45, 7) is 5.76. The van der Waals surface area contributed by atoms with Gasteiger partial charge >= 0.3 is 0 Å². The average Bonchev–Trinajstić information content (AvgIpc) is 2.92. The highest BCUT2D eigenvalue weighted by molar-refractivity contribution is 5.88. The molecule has 5 rings (SSSR count). The second kappa shape index (κ2) is 10.6. The van der Waals surface area contributed by atoms with Crippen molar-refractivity contribution in [1.29, 1.82) is 5.26 Å². The highest BCUT2D eigenvalue weighted by Crippen LogP contribution is 2.27. The summed E-state index contributed by atoms with van der Waals surface area (Å²) in [7, 11) is 0. The summed E-state index contributed by atoms with van der Waals surface area (Å²) >= 11 is 0. The minimum absolute atomic E-state index is 0.0563. The fraction of sp³-hybridized carbons (Fsp3) is 0.400. The number of ether oxygens (including phenoxy) is 1. The molecule has 0 spiro atoms. The maximum atomic E-state index is 12.0. The van der Waals surface area contributed by atoms with Gasteiger partial charge in [0.25, 0.3) is 0 Å². The van der Waals surface area contributed by atoms with E-state index in [1.54, 1.807) is 17.3 Å². The Morgan fingerprint density at radius 3 is 2.71 bits per heavy atom. The molecular formula is C25H28N8O2. The molecule has 35 heavy (non-hydrogen) atoms. The summed E-state index contributed by atoms with van der Waals surface area (Å²) in [5.41, 5.74) is 4.43. The zero-order valence-corrected chi connectivity index (χ0v) is 19.5. The predicted octanol–water partition coefficient (Wildman–Crippen LogP) is 1.65. The van der Waals surface area contributed by atoms with Crippen LogP contribution < -0.4 is 15.5 Å². The number of amides is 1. The zero-order valence-electron chi connectivity index (χ0n) is 19.5. The van der Waals surface area contributed by atoms with E-state index in [1.807, 2.05) is 12.1 Å². The third-order valence-corrected chi connectivity index (χ3v) is 6.35. The number of carbonyl (C=O) groups is 1. The van der Waals surface area contributed by atoms with Gasteiger partial charge in [-0.3, -0.25) is 9.78 Å². The molecule has 0 radical (unpaired) electrons. The number of nitrogens with one attached hydrogen (secondary N) is 2. The minimum Gasteiger partial charge on any atom is -0.374 e. The molecule has 2 fully saturated rings. The van der Waals surface area contributed by atoms with Crippen molar-refractivity contribution in [3.63, 3.8) is 0 Å². The van der Waals surface area contributed by atoms with E-state index in [0.717, 1.165) is 54.2 Å². The van der Waals surface area contributed by atoms with E-state index in [9.17, 15) is 4.79 Å². The molecule has 0 saturated carbocycles. The Kier molecular flexibility index (Phi) is 6.97. The summed E-state index contributed by atoms with van der Waals surface area (Å²) in [6.07, 6.45) is 3.39. The molecule has 2 aliphatic rings. The topological polar surface area (TPSA) is 119 Å². The normalized spacial score (nSPS) is 18.3. The molecule has 1 amide bonds. The molecule has 0 aliphatic carbocycles. The second-order valence-electron chi connectivity index (χ2n) is 8.61. The average molecular weight is 473 g/mol. The second-order valence-corrected chi connectivity index (χ2v) is 8.61. The Labute approximate surface area is 203 Å². The number of rotatable bonds is 6. The van der Waals surface area contributed by atoms with Crippen LogP contribution in [0.5, 0.6) is 0 Å². The van der Waals surface area contributed by atoms with Crippen LogP contribution in [0.2, 0.25) is 0 Å². The predicted molar refractivity (Wildman–Crippen MR) is 133 cm³/mol. The van der Waals surface area contributed by atoms with E-state index >= 15 is 0 Å². The van der Waals surface area contributed by atoms with Crippen molar-refractivity contribution in [2.45, 2.75) is 12.5 Å². The van der Waals surface area contributed by atoms with Crippen molar-refractivity contribution < 1.29 is 9.53 Å². The number of benzene rings is 1. The van der Waals surface area contributed by atoms with Crippen LogP contribution in [-0.2, 0) is 9.53 Å². The van der Waals surface area contributed by atoms with Crippen LogP contribution in [0.3, 0.4) is 0 Å². The molecule has 2 aliphatic heterocycles. The fourth-order valence-electron chi connectivity index (χ4n) is 4.44. The van der Waals surface area contributed by atoms with Crippen LogP contribution in [0, 0.1) is 11.3 Å². The Morgan fingerprint density at radius 2 is 1.97 bits per heavy atom. The third kappa shape index (κ3) is 5.31. The van der Waals surface area contributed by atoms with Gasteiger partial charge in [0, 0.05) is 69.5 Å². The molecule has 1 atom stereocenters. The molecule has 180 valence electrons. The quantitative estimate of drug-likeness (QED) is 0.552. The molecule has 10 nitrogen and oxygen atoms in total. The molecule has 2 saturated heterocycles. The summed E-state index contributed by atoms with van der Waals surface area (Å²) in [5.74, 6) is 0.603. The van der Waals surface area contributed by atoms with Gasteiger partial charge in [0.2, 0.25) is 5.91 Å². The van der Waals surface area contributed by atoms with E-state index in [4.69, 9.17) is 15.0 Å². The van der Waals surface area contributed by atoms with Crippen molar-refractivity contribution in [3.8, 4) is 17.3 Å². The van der Waals surface area contributed by atoms with Gasteiger partial charge in [-0.25, -0.2) is 9.97 Å². The number of anilines is 2. The van der Waals surface area contributed by atoms with E-state index in [2.05, 4.69) is 49.8 Å². The summed E-state index contributed by atoms with van der Waals surface area (Å²) in [5, 5.41) is 15.5. The highest BCUT2D eigenvalue weighted by atomic mass is 16.5. The van der Waals surface area contributed by atoms with Gasteiger partial charge in [0.15, 0.2) is 5.82 Å². The Balaban J connectivity index is 1.31. The summed E-state index contributed by atoms with van der Waals surface area (Å²) in [6, 6.07) is 12.2. The van der Waals surface area contributed by atoms with E-state index < -0.39 is 0 Å². The molecule has 10 heteroatoms. The number of hydrogen-bond donors (Lipinski definition) is 2. The number of morpholine rings is 1. The number of aromatic nitrogens is 3. The van der Waals surface area contributed by atoms with Crippen LogP contribution in [0.4, 0.5) is 11.5 Å². The van der Waals surface area contributed by atoms with Crippen LogP contribution in [-0.4, -0.2) is 84.3 Å². The molecule has 1 aromatic carbocycles. The SMILES string of the molecule is N#CCC(=O)N1CCN(c2ccc(-c3cc4nccnc4c(NCC4CNCCO4)n3)cc2)CC1. The number of piperazine rings is 1. The third-order valence-electron chi connectivity index (χ3n) is 6.35. The minimum atomic E-state index is -0.0938. The lowest BCUT2D eigenvalue weighted by Gasteiger charge is -2.35. The molecule has 0 bridgehead atoms. The highest BCUT2D eigenvalue weighted by Gasteiger charge is 2.21. The number of pyridine rings is 1. The Hall–Kier alpha value is -3.81. The first-order valence-electron chi connectivity index (χ1n) is 11.9. The van der Waals surface area contributed by atoms with Crippen molar-refractivity contribution in [2.24, 2.45) is 0 Å². The van der Waals surface area contributed by atoms with Crippen LogP contribution in [0.1, 0.15) is 6.42 Å². The Morgan fingerprint density at radius 1 is 1.17 bits per heavy atom. The van der Waals surface area contributed by atoms with Crippen molar-refractivity contribution >= 4 is 28.4 Å². The molecule has 2 aromatic heterocycles. The monoisotopic (exact) mass is 472 g/mol. The van der Waals surface area contributed by atoms with Crippen LogP contribution in [0.15, 0.2) is 42.7 Å². The summed E-state index contributed by atoms with van der Waals surface area (Å²) in [4.78, 5) is 29.8. The molecule has 4 heterocycles. The van der Waals surface area contributed by atoms with Gasteiger partial charge in [-0.1, -0.05) is 12.1 Å². The maximum absolute atomic E-state index is 12.0. The number of carbonyl (C=O) groups excluding carboxylic acids is 1. The molecule has 2 N–H and O–H groups in total. The Bertz CT molecular complexity index is 1210.